The fraction of sp³-hybridized carbons (Fsp3) is 0.143. The third kappa shape index (κ3) is 3.97. The zero-order valence-electron chi connectivity index (χ0n) is 15.3. The molecule has 2 aromatic carbocycles. The van der Waals surface area contributed by atoms with Crippen molar-refractivity contribution in [3.63, 3.8) is 0 Å². The molecule has 1 fully saturated rings. The number of aromatic nitrogens is 2. The summed E-state index contributed by atoms with van der Waals surface area (Å²) in [5.41, 5.74) is 1.79. The number of nitrogens with zero attached hydrogens (tertiary/aromatic N) is 3. The summed E-state index contributed by atoms with van der Waals surface area (Å²) in [4.78, 5) is 37.8. The molecule has 0 spiro atoms. The molecular formula is C21H17BrN4O3. The van der Waals surface area contributed by atoms with Gasteiger partial charge in [0, 0.05) is 28.9 Å². The van der Waals surface area contributed by atoms with E-state index < -0.39 is 0 Å². The van der Waals surface area contributed by atoms with E-state index in [-0.39, 0.29) is 30.6 Å². The fourth-order valence-electron chi connectivity index (χ4n) is 3.19. The number of benzene rings is 2. The van der Waals surface area contributed by atoms with E-state index in [9.17, 15) is 14.4 Å². The number of amides is 3. The van der Waals surface area contributed by atoms with Crippen molar-refractivity contribution in [2.24, 2.45) is 0 Å². The molecule has 1 aromatic heterocycles. The Morgan fingerprint density at radius 3 is 2.55 bits per heavy atom. The van der Waals surface area contributed by atoms with Gasteiger partial charge in [0.15, 0.2) is 0 Å². The summed E-state index contributed by atoms with van der Waals surface area (Å²) >= 11 is 3.52. The monoisotopic (exact) mass is 452 g/mol. The first kappa shape index (κ1) is 19.1. The summed E-state index contributed by atoms with van der Waals surface area (Å²) < 4.78 is 2.65. The molecule has 1 aliphatic heterocycles. The molecule has 1 saturated heterocycles. The number of imide groups is 1. The number of hydrogen-bond acceptors (Lipinski definition) is 4. The minimum absolute atomic E-state index is 0.198. The van der Waals surface area contributed by atoms with Crippen LogP contribution in [0.1, 0.15) is 28.8 Å². The molecule has 0 radical (unpaired) electrons. The zero-order chi connectivity index (χ0) is 20.4. The number of carbonyl (C=O) groups is 3. The zero-order valence-corrected chi connectivity index (χ0v) is 16.9. The number of hydrogen-bond donors (Lipinski definition) is 1. The second-order valence-corrected chi connectivity index (χ2v) is 7.45. The van der Waals surface area contributed by atoms with E-state index in [0.29, 0.717) is 23.6 Å². The SMILES string of the molecule is O=C(Nc1ccnn1Cc1ccccc1Br)c1cccc(N2C(=O)CCC2=O)c1. The van der Waals surface area contributed by atoms with Crippen LogP contribution in [0.25, 0.3) is 0 Å². The molecule has 3 aromatic rings. The molecule has 0 aliphatic carbocycles. The standard InChI is InChI=1S/C21H17BrN4O3/c22-17-7-2-1-4-15(17)13-25-18(10-11-23-25)24-21(29)14-5-3-6-16(12-14)26-19(27)8-9-20(26)28/h1-7,10-12H,8-9,13H2,(H,24,29). The average Bonchev–Trinajstić information content (AvgIpc) is 3.29. The maximum absolute atomic E-state index is 12.8. The Kier molecular flexibility index (Phi) is 5.26. The third-order valence-electron chi connectivity index (χ3n) is 4.65. The van der Waals surface area contributed by atoms with Crippen molar-refractivity contribution < 1.29 is 14.4 Å². The van der Waals surface area contributed by atoms with E-state index in [1.807, 2.05) is 24.3 Å². The van der Waals surface area contributed by atoms with Gasteiger partial charge in [0.1, 0.15) is 5.82 Å². The number of halogens is 1. The Balaban J connectivity index is 1.53. The van der Waals surface area contributed by atoms with Gasteiger partial charge in [0.05, 0.1) is 18.4 Å². The quantitative estimate of drug-likeness (QED) is 0.599. The molecule has 146 valence electrons. The summed E-state index contributed by atoms with van der Waals surface area (Å²) in [6, 6.07) is 16.0. The Morgan fingerprint density at radius 2 is 1.79 bits per heavy atom. The van der Waals surface area contributed by atoms with Crippen LogP contribution < -0.4 is 10.2 Å². The molecule has 0 saturated carbocycles. The molecule has 0 unspecified atom stereocenters. The Labute approximate surface area is 175 Å². The van der Waals surface area contributed by atoms with Crippen LogP contribution in [0, 0.1) is 0 Å². The minimum Gasteiger partial charge on any atom is -0.307 e. The van der Waals surface area contributed by atoms with Gasteiger partial charge in [-0.05, 0) is 29.8 Å². The van der Waals surface area contributed by atoms with Crippen molar-refractivity contribution in [2.75, 3.05) is 10.2 Å². The molecular weight excluding hydrogens is 436 g/mol. The van der Waals surface area contributed by atoms with E-state index >= 15 is 0 Å². The summed E-state index contributed by atoms with van der Waals surface area (Å²) in [7, 11) is 0. The first-order valence-corrected chi connectivity index (χ1v) is 9.84. The largest absolute Gasteiger partial charge is 0.307 e. The lowest BCUT2D eigenvalue weighted by Crippen LogP contribution is -2.28. The van der Waals surface area contributed by atoms with Gasteiger partial charge < -0.3 is 5.32 Å². The van der Waals surface area contributed by atoms with Gasteiger partial charge in [0.25, 0.3) is 5.91 Å². The molecule has 4 rings (SSSR count). The second kappa shape index (κ2) is 8.00. The second-order valence-electron chi connectivity index (χ2n) is 6.59. The molecule has 0 bridgehead atoms. The first-order valence-electron chi connectivity index (χ1n) is 9.05. The normalized spacial score (nSPS) is 13.8. The highest BCUT2D eigenvalue weighted by Crippen LogP contribution is 2.24. The van der Waals surface area contributed by atoms with Crippen LogP contribution in [0.15, 0.2) is 65.3 Å². The highest BCUT2D eigenvalue weighted by atomic mass is 79.9. The minimum atomic E-state index is -0.347. The van der Waals surface area contributed by atoms with Gasteiger partial charge in [0.2, 0.25) is 11.8 Å². The molecule has 0 atom stereocenters. The van der Waals surface area contributed by atoms with Crippen molar-refractivity contribution in [1.29, 1.82) is 0 Å². The molecule has 3 amide bonds. The average molecular weight is 453 g/mol. The highest BCUT2D eigenvalue weighted by Gasteiger charge is 2.30. The summed E-state index contributed by atoms with van der Waals surface area (Å²) in [5.74, 6) is -0.303. The predicted molar refractivity (Wildman–Crippen MR) is 112 cm³/mol. The van der Waals surface area contributed by atoms with E-state index in [1.165, 1.54) is 0 Å². The van der Waals surface area contributed by atoms with Crippen LogP contribution in [0.2, 0.25) is 0 Å². The summed E-state index contributed by atoms with van der Waals surface area (Å²) in [6.07, 6.45) is 2.01. The van der Waals surface area contributed by atoms with Gasteiger partial charge in [-0.15, -0.1) is 0 Å². The van der Waals surface area contributed by atoms with Crippen LogP contribution >= 0.6 is 15.9 Å². The Hall–Kier alpha value is -3.26. The van der Waals surface area contributed by atoms with Gasteiger partial charge in [-0.1, -0.05) is 40.2 Å². The Morgan fingerprint density at radius 1 is 1.03 bits per heavy atom. The van der Waals surface area contributed by atoms with E-state index in [1.54, 1.807) is 41.2 Å². The van der Waals surface area contributed by atoms with Crippen LogP contribution in [-0.2, 0) is 16.1 Å². The van der Waals surface area contributed by atoms with Gasteiger partial charge in [-0.25, -0.2) is 4.68 Å². The van der Waals surface area contributed by atoms with Crippen LogP contribution in [-0.4, -0.2) is 27.5 Å². The number of anilines is 2. The first-order chi connectivity index (χ1) is 14.0. The van der Waals surface area contributed by atoms with Gasteiger partial charge in [-0.2, -0.15) is 5.10 Å². The molecule has 2 heterocycles. The van der Waals surface area contributed by atoms with Crippen molar-refractivity contribution >= 4 is 45.2 Å². The van der Waals surface area contributed by atoms with E-state index in [2.05, 4.69) is 26.3 Å². The lowest BCUT2D eigenvalue weighted by atomic mass is 10.1. The van der Waals surface area contributed by atoms with E-state index in [4.69, 9.17) is 0 Å². The van der Waals surface area contributed by atoms with Crippen molar-refractivity contribution in [2.45, 2.75) is 19.4 Å². The summed E-state index contributed by atoms with van der Waals surface area (Å²) in [6.45, 7) is 0.487. The Bertz CT molecular complexity index is 1090. The van der Waals surface area contributed by atoms with Gasteiger partial charge >= 0.3 is 0 Å². The van der Waals surface area contributed by atoms with Crippen molar-refractivity contribution in [1.82, 2.24) is 9.78 Å². The van der Waals surface area contributed by atoms with Crippen LogP contribution in [0.3, 0.4) is 0 Å². The molecule has 1 aliphatic rings. The molecule has 7 nitrogen and oxygen atoms in total. The lowest BCUT2D eigenvalue weighted by Gasteiger charge is -2.15. The topological polar surface area (TPSA) is 84.3 Å². The highest BCUT2D eigenvalue weighted by molar-refractivity contribution is 9.10. The number of nitrogens with one attached hydrogen (secondary N) is 1. The summed E-state index contributed by atoms with van der Waals surface area (Å²) in [5, 5.41) is 7.13. The predicted octanol–water partition coefficient (Wildman–Crippen LogP) is 3.60. The van der Waals surface area contributed by atoms with Crippen molar-refractivity contribution in [3.8, 4) is 0 Å². The van der Waals surface area contributed by atoms with Crippen LogP contribution in [0.5, 0.6) is 0 Å². The molecule has 8 heteroatoms. The van der Waals surface area contributed by atoms with Gasteiger partial charge in [-0.3, -0.25) is 19.3 Å². The van der Waals surface area contributed by atoms with Crippen LogP contribution in [0.4, 0.5) is 11.5 Å². The smallest absolute Gasteiger partial charge is 0.256 e. The number of carbonyl (C=O) groups excluding carboxylic acids is 3. The molecule has 1 N–H and O–H groups in total. The number of rotatable bonds is 5. The maximum Gasteiger partial charge on any atom is 0.256 e. The molecule has 29 heavy (non-hydrogen) atoms. The van der Waals surface area contributed by atoms with Crippen molar-refractivity contribution in [3.05, 3.63) is 76.4 Å². The fourth-order valence-corrected chi connectivity index (χ4v) is 3.60. The third-order valence-corrected chi connectivity index (χ3v) is 5.43. The van der Waals surface area contributed by atoms with E-state index in [0.717, 1.165) is 14.9 Å². The maximum atomic E-state index is 12.8. The lowest BCUT2D eigenvalue weighted by molar-refractivity contribution is -0.121.